The number of nitrogens with two attached hydrogens (primary N) is 2. The van der Waals surface area contributed by atoms with Gasteiger partial charge in [0.05, 0.1) is 12.0 Å². The average Bonchev–Trinajstić information content (AvgIpc) is 2.70. The number of hydrogen-bond donors (Lipinski definition) is 4. The first kappa shape index (κ1) is 26.4. The number of primary amides is 1. The van der Waals surface area contributed by atoms with E-state index >= 15 is 0 Å². The quantitative estimate of drug-likeness (QED) is 0.392. The minimum absolute atomic E-state index is 0.0629. The molecule has 31 heavy (non-hydrogen) atoms. The lowest BCUT2D eigenvalue weighted by Gasteiger charge is -2.26. The van der Waals surface area contributed by atoms with E-state index in [2.05, 4.69) is 10.6 Å². The zero-order chi connectivity index (χ0) is 23.6. The van der Waals surface area contributed by atoms with Gasteiger partial charge in [0.2, 0.25) is 17.7 Å². The Labute approximate surface area is 180 Å². The van der Waals surface area contributed by atoms with Crippen LogP contribution in [-0.4, -0.2) is 42.0 Å². The third-order valence-electron chi connectivity index (χ3n) is 4.93. The van der Waals surface area contributed by atoms with Gasteiger partial charge in [-0.25, -0.2) is 0 Å². The zero-order valence-corrected chi connectivity index (χ0v) is 17.7. The van der Waals surface area contributed by atoms with Crippen molar-refractivity contribution in [3.8, 4) is 0 Å². The van der Waals surface area contributed by atoms with E-state index in [1.54, 1.807) is 30.3 Å². The Hall–Kier alpha value is -2.62. The van der Waals surface area contributed by atoms with E-state index in [4.69, 9.17) is 11.5 Å². The summed E-state index contributed by atoms with van der Waals surface area (Å²) in [6.07, 6.45) is -3.41. The van der Waals surface area contributed by atoms with Gasteiger partial charge in [0.15, 0.2) is 0 Å². The maximum absolute atomic E-state index is 13.1. The molecule has 4 atom stereocenters. The second-order valence-electron chi connectivity index (χ2n) is 7.64. The number of carbonyl (C=O) groups is 3. The van der Waals surface area contributed by atoms with Crippen LogP contribution in [0.4, 0.5) is 13.2 Å². The number of amides is 3. The number of unbranched alkanes of at least 4 members (excludes halogenated alkanes) is 1. The molecule has 0 radical (unpaired) electrons. The first-order valence-corrected chi connectivity index (χ1v) is 10.2. The van der Waals surface area contributed by atoms with Crippen LogP contribution in [0.1, 0.15) is 45.1 Å². The molecule has 0 aromatic heterocycles. The van der Waals surface area contributed by atoms with Gasteiger partial charge < -0.3 is 22.1 Å². The van der Waals surface area contributed by atoms with E-state index in [9.17, 15) is 27.6 Å². The van der Waals surface area contributed by atoms with Crippen LogP contribution >= 0.6 is 0 Å². The van der Waals surface area contributed by atoms with Gasteiger partial charge in [0.1, 0.15) is 12.1 Å². The van der Waals surface area contributed by atoms with Gasteiger partial charge in [0.25, 0.3) is 0 Å². The Bertz CT molecular complexity index is 728. The molecule has 0 bridgehead atoms. The second kappa shape index (κ2) is 12.3. The predicted molar refractivity (Wildman–Crippen MR) is 111 cm³/mol. The van der Waals surface area contributed by atoms with Crippen LogP contribution in [0.2, 0.25) is 0 Å². The maximum Gasteiger partial charge on any atom is 0.391 e. The van der Waals surface area contributed by atoms with Crippen molar-refractivity contribution in [2.24, 2.45) is 17.4 Å². The summed E-state index contributed by atoms with van der Waals surface area (Å²) in [5.41, 5.74) is 11.9. The van der Waals surface area contributed by atoms with E-state index in [1.807, 2.05) is 6.92 Å². The summed E-state index contributed by atoms with van der Waals surface area (Å²) in [7, 11) is 0. The summed E-state index contributed by atoms with van der Waals surface area (Å²) in [6.45, 7) is 2.82. The van der Waals surface area contributed by atoms with Crippen molar-refractivity contribution >= 4 is 17.7 Å². The summed E-state index contributed by atoms with van der Waals surface area (Å²) < 4.78 is 39.2. The monoisotopic (exact) mass is 444 g/mol. The molecule has 1 aromatic carbocycles. The summed E-state index contributed by atoms with van der Waals surface area (Å²) in [6, 6.07) is 5.07. The minimum atomic E-state index is -4.55. The molecule has 1 aromatic rings. The van der Waals surface area contributed by atoms with Crippen LogP contribution in [0, 0.1) is 5.92 Å². The fraction of sp³-hybridized carbons (Fsp3) is 0.571. The smallest absolute Gasteiger partial charge is 0.368 e. The number of benzene rings is 1. The van der Waals surface area contributed by atoms with Gasteiger partial charge >= 0.3 is 6.18 Å². The molecule has 0 saturated heterocycles. The van der Waals surface area contributed by atoms with Crippen molar-refractivity contribution in [2.45, 2.75) is 70.3 Å². The molecule has 0 aliphatic carbocycles. The molecule has 174 valence electrons. The lowest BCUT2D eigenvalue weighted by atomic mass is 9.98. The Morgan fingerprint density at radius 2 is 1.61 bits per heavy atom. The topological polar surface area (TPSA) is 127 Å². The van der Waals surface area contributed by atoms with Crippen molar-refractivity contribution in [1.29, 1.82) is 0 Å². The molecular formula is C21H31F3N4O3. The van der Waals surface area contributed by atoms with Crippen molar-refractivity contribution in [3.05, 3.63) is 35.9 Å². The summed E-state index contributed by atoms with van der Waals surface area (Å²) in [5, 5.41) is 4.68. The first-order valence-electron chi connectivity index (χ1n) is 10.2. The Morgan fingerprint density at radius 3 is 2.13 bits per heavy atom. The van der Waals surface area contributed by atoms with Crippen LogP contribution < -0.4 is 22.1 Å². The van der Waals surface area contributed by atoms with Crippen molar-refractivity contribution < 1.29 is 27.6 Å². The second-order valence-corrected chi connectivity index (χ2v) is 7.64. The van der Waals surface area contributed by atoms with Crippen LogP contribution in [0.5, 0.6) is 0 Å². The number of halogens is 3. The lowest BCUT2D eigenvalue weighted by Crippen LogP contribution is -2.56. The number of rotatable bonds is 12. The third-order valence-corrected chi connectivity index (χ3v) is 4.93. The van der Waals surface area contributed by atoms with Crippen LogP contribution in [0.15, 0.2) is 30.3 Å². The number of nitrogens with one attached hydrogen (secondary N) is 2. The molecule has 0 fully saturated rings. The molecule has 0 spiro atoms. The van der Waals surface area contributed by atoms with Gasteiger partial charge in [-0.1, -0.05) is 57.0 Å². The highest BCUT2D eigenvalue weighted by atomic mass is 19.4. The molecule has 10 heteroatoms. The van der Waals surface area contributed by atoms with Gasteiger partial charge in [0, 0.05) is 6.42 Å². The molecule has 0 saturated carbocycles. The van der Waals surface area contributed by atoms with Crippen molar-refractivity contribution in [1.82, 2.24) is 10.6 Å². The highest BCUT2D eigenvalue weighted by Gasteiger charge is 2.39. The van der Waals surface area contributed by atoms with Crippen LogP contribution in [0.3, 0.4) is 0 Å². The van der Waals surface area contributed by atoms with Gasteiger partial charge in [-0.3, -0.25) is 14.4 Å². The summed E-state index contributed by atoms with van der Waals surface area (Å²) >= 11 is 0. The molecule has 0 heterocycles. The molecular weight excluding hydrogens is 413 g/mol. The third kappa shape index (κ3) is 9.37. The summed E-state index contributed by atoms with van der Waals surface area (Å²) in [5.74, 6) is -4.35. The lowest BCUT2D eigenvalue weighted by molar-refractivity contribution is -0.173. The Morgan fingerprint density at radius 1 is 1.03 bits per heavy atom. The molecule has 6 N–H and O–H groups in total. The highest BCUT2D eigenvalue weighted by Crippen LogP contribution is 2.29. The largest absolute Gasteiger partial charge is 0.391 e. The van der Waals surface area contributed by atoms with Gasteiger partial charge in [-0.2, -0.15) is 13.2 Å². The Kier molecular flexibility index (Phi) is 10.5. The van der Waals surface area contributed by atoms with E-state index in [-0.39, 0.29) is 6.42 Å². The van der Waals surface area contributed by atoms with E-state index < -0.39 is 54.4 Å². The van der Waals surface area contributed by atoms with Gasteiger partial charge in [-0.15, -0.1) is 0 Å². The van der Waals surface area contributed by atoms with E-state index in [0.29, 0.717) is 18.4 Å². The molecule has 0 aliphatic heterocycles. The van der Waals surface area contributed by atoms with Crippen LogP contribution in [-0.2, 0) is 20.8 Å². The zero-order valence-electron chi connectivity index (χ0n) is 17.7. The van der Waals surface area contributed by atoms with Crippen molar-refractivity contribution in [2.75, 3.05) is 0 Å². The predicted octanol–water partition coefficient (Wildman–Crippen LogP) is 1.79. The fourth-order valence-corrected chi connectivity index (χ4v) is 2.90. The number of hydrogen-bond acceptors (Lipinski definition) is 4. The normalized spacial score (nSPS) is 15.4. The average molecular weight is 444 g/mol. The minimum Gasteiger partial charge on any atom is -0.368 e. The van der Waals surface area contributed by atoms with Crippen molar-refractivity contribution in [3.63, 3.8) is 0 Å². The number of alkyl halides is 3. The highest BCUT2D eigenvalue weighted by molar-refractivity contribution is 5.92. The maximum atomic E-state index is 13.1. The standard InChI is InChI=1S/C21H31F3N4O3/c1-3-4-10-15(25)19(30)28-17(11-13(2)21(22,23)24)20(31)27-16(18(26)29)12-14-8-6-5-7-9-14/h5-9,13,15-17H,3-4,10-12,25H2,1-2H3,(H2,26,29)(H,27,31)(H,28,30)/t13?,15-,16-,17-/m0/s1. The molecule has 7 nitrogen and oxygen atoms in total. The van der Waals surface area contributed by atoms with Gasteiger partial charge in [-0.05, 0) is 18.4 Å². The molecule has 0 aliphatic rings. The number of carbonyl (C=O) groups excluding carboxylic acids is 3. The fourth-order valence-electron chi connectivity index (χ4n) is 2.90. The summed E-state index contributed by atoms with van der Waals surface area (Å²) in [4.78, 5) is 36.9. The Balaban J connectivity index is 2.96. The van der Waals surface area contributed by atoms with E-state index in [1.165, 1.54) is 0 Å². The van der Waals surface area contributed by atoms with Crippen LogP contribution in [0.25, 0.3) is 0 Å². The SMILES string of the molecule is CCCC[C@H](N)C(=O)N[C@@H](CC(C)C(F)(F)F)C(=O)N[C@@H](Cc1ccccc1)C(N)=O. The van der Waals surface area contributed by atoms with E-state index in [0.717, 1.165) is 13.3 Å². The first-order chi connectivity index (χ1) is 14.5. The molecule has 3 amide bonds. The molecule has 1 unspecified atom stereocenters. The molecule has 1 rings (SSSR count).